The Balaban J connectivity index is 1.39. The molecule has 2 atom stereocenters. The number of benzene rings is 1. The van der Waals surface area contributed by atoms with Crippen LogP contribution in [-0.2, 0) is 4.74 Å². The molecule has 1 saturated carbocycles. The molecule has 180 valence electrons. The lowest BCUT2D eigenvalue weighted by atomic mass is 9.91. The molecule has 6 rings (SSSR count). The second kappa shape index (κ2) is 8.71. The molecule has 35 heavy (non-hydrogen) atoms. The lowest BCUT2D eigenvalue weighted by molar-refractivity contribution is 0.00391. The summed E-state index contributed by atoms with van der Waals surface area (Å²) in [6, 6.07) is 3.98. The van der Waals surface area contributed by atoms with Crippen molar-refractivity contribution in [2.75, 3.05) is 6.61 Å². The number of hydrogen-bond acceptors (Lipinski definition) is 6. The van der Waals surface area contributed by atoms with Gasteiger partial charge in [0.1, 0.15) is 28.7 Å². The second-order valence-electron chi connectivity index (χ2n) is 9.54. The van der Waals surface area contributed by atoms with Crippen molar-refractivity contribution in [3.63, 3.8) is 0 Å². The van der Waals surface area contributed by atoms with Gasteiger partial charge in [0.25, 0.3) is 0 Å². The molecule has 4 heterocycles. The van der Waals surface area contributed by atoms with Crippen LogP contribution in [0.2, 0.25) is 0 Å². The van der Waals surface area contributed by atoms with Gasteiger partial charge >= 0.3 is 0 Å². The molecular formula is C26H26F2N6O. The molecule has 7 nitrogen and oxygen atoms in total. The number of aryl methyl sites for hydroxylation is 2. The number of halogens is 2. The van der Waals surface area contributed by atoms with Crippen molar-refractivity contribution in [1.82, 2.24) is 29.7 Å². The van der Waals surface area contributed by atoms with Gasteiger partial charge in [-0.25, -0.2) is 28.7 Å². The first-order valence-electron chi connectivity index (χ1n) is 12.1. The first-order chi connectivity index (χ1) is 17.0. The highest BCUT2D eigenvalue weighted by Gasteiger charge is 2.30. The quantitative estimate of drug-likeness (QED) is 0.385. The summed E-state index contributed by atoms with van der Waals surface area (Å²) in [6.45, 7) is 4.27. The maximum Gasteiger partial charge on any atom is 0.182 e. The summed E-state index contributed by atoms with van der Waals surface area (Å²) in [5.74, 6) is -0.758. The summed E-state index contributed by atoms with van der Waals surface area (Å²) >= 11 is 0. The van der Waals surface area contributed by atoms with Crippen LogP contribution in [0, 0.1) is 25.5 Å². The Hall–Kier alpha value is -3.33. The number of hydrogen-bond donors (Lipinski definition) is 0. The van der Waals surface area contributed by atoms with E-state index in [9.17, 15) is 8.78 Å². The van der Waals surface area contributed by atoms with E-state index in [0.717, 1.165) is 23.7 Å². The van der Waals surface area contributed by atoms with Gasteiger partial charge in [-0.1, -0.05) is 0 Å². The highest BCUT2D eigenvalue weighted by atomic mass is 19.1. The average Bonchev–Trinajstić information content (AvgIpc) is 3.28. The Labute approximate surface area is 201 Å². The lowest BCUT2D eigenvalue weighted by Crippen LogP contribution is -2.21. The normalized spacial score (nSPS) is 20.8. The third-order valence-electron chi connectivity index (χ3n) is 7.24. The molecular weight excluding hydrogens is 450 g/mol. The molecule has 1 saturated heterocycles. The first-order valence-corrected chi connectivity index (χ1v) is 12.1. The van der Waals surface area contributed by atoms with E-state index in [0.29, 0.717) is 47.4 Å². The number of rotatable bonds is 4. The number of aromatic nitrogens is 6. The molecule has 9 heteroatoms. The Bertz CT molecular complexity index is 1420. The Morgan fingerprint density at radius 1 is 1.00 bits per heavy atom. The van der Waals surface area contributed by atoms with E-state index in [2.05, 4.69) is 25.9 Å². The summed E-state index contributed by atoms with van der Waals surface area (Å²) in [7, 11) is 0. The highest BCUT2D eigenvalue weighted by molar-refractivity contribution is 5.87. The van der Waals surface area contributed by atoms with Gasteiger partial charge in [-0.3, -0.25) is 4.68 Å². The zero-order chi connectivity index (χ0) is 24.1. The largest absolute Gasteiger partial charge is 0.373 e. The van der Waals surface area contributed by atoms with E-state index in [-0.39, 0.29) is 17.6 Å². The lowest BCUT2D eigenvalue weighted by Gasteiger charge is -2.29. The summed E-state index contributed by atoms with van der Waals surface area (Å²) in [4.78, 5) is 18.8. The fourth-order valence-electron chi connectivity index (χ4n) is 4.81. The van der Waals surface area contributed by atoms with Crippen LogP contribution in [0.4, 0.5) is 8.78 Å². The van der Waals surface area contributed by atoms with Gasteiger partial charge in [0.05, 0.1) is 29.7 Å². The van der Waals surface area contributed by atoms with Gasteiger partial charge in [0, 0.05) is 35.9 Å². The maximum absolute atomic E-state index is 14.8. The van der Waals surface area contributed by atoms with E-state index >= 15 is 0 Å². The van der Waals surface area contributed by atoms with Crippen LogP contribution in [0.3, 0.4) is 0 Å². The topological polar surface area (TPSA) is 78.6 Å². The third-order valence-corrected chi connectivity index (χ3v) is 7.24. The Morgan fingerprint density at radius 2 is 1.83 bits per heavy atom. The van der Waals surface area contributed by atoms with Crippen LogP contribution < -0.4 is 0 Å². The molecule has 2 fully saturated rings. The van der Waals surface area contributed by atoms with Gasteiger partial charge < -0.3 is 4.74 Å². The average molecular weight is 477 g/mol. The predicted octanol–water partition coefficient (Wildman–Crippen LogP) is 5.54. The van der Waals surface area contributed by atoms with Crippen LogP contribution in [0.1, 0.15) is 72.9 Å². The SMILES string of the molecule is Cc1nc2nc(C3CCOC(c4cnn(C5CCC5)c4)C3)nc(-c3ccc(F)cc3F)c2nc1C. The van der Waals surface area contributed by atoms with Crippen LogP contribution in [0.5, 0.6) is 0 Å². The van der Waals surface area contributed by atoms with Gasteiger partial charge in [0.2, 0.25) is 0 Å². The number of ether oxygens (including phenoxy) is 1. The van der Waals surface area contributed by atoms with E-state index < -0.39 is 11.6 Å². The van der Waals surface area contributed by atoms with Gasteiger partial charge in [-0.15, -0.1) is 0 Å². The van der Waals surface area contributed by atoms with Gasteiger partial charge in [0.15, 0.2) is 5.65 Å². The molecule has 0 N–H and O–H groups in total. The number of nitrogens with zero attached hydrogens (tertiary/aromatic N) is 6. The summed E-state index contributed by atoms with van der Waals surface area (Å²) < 4.78 is 36.6. The standard InChI is InChI=1S/C26H26F2N6O/c1-14-15(2)31-26-24(30-14)23(20-7-6-18(27)11-21(20)28)32-25(33-26)16-8-9-35-22(10-16)17-12-29-34(13-17)19-4-3-5-19/h6-7,11-13,16,19,22H,3-5,8-10H2,1-2H3. The van der Waals surface area contributed by atoms with Crippen molar-refractivity contribution in [1.29, 1.82) is 0 Å². The fourth-order valence-corrected chi connectivity index (χ4v) is 4.81. The molecule has 0 amide bonds. The number of fused-ring (bicyclic) bond motifs is 1. The van der Waals surface area contributed by atoms with E-state index in [1.54, 1.807) is 0 Å². The van der Waals surface area contributed by atoms with Crippen molar-refractivity contribution < 1.29 is 13.5 Å². The minimum atomic E-state index is -0.691. The van der Waals surface area contributed by atoms with Crippen LogP contribution in [0.25, 0.3) is 22.4 Å². The third kappa shape index (κ3) is 4.07. The molecule has 0 radical (unpaired) electrons. The monoisotopic (exact) mass is 476 g/mol. The molecule has 2 aliphatic rings. The molecule has 0 spiro atoms. The van der Waals surface area contributed by atoms with Crippen molar-refractivity contribution in [3.8, 4) is 11.3 Å². The zero-order valence-electron chi connectivity index (χ0n) is 19.7. The fraction of sp³-hybridized carbons (Fsp3) is 0.423. The van der Waals surface area contributed by atoms with Crippen LogP contribution >= 0.6 is 0 Å². The smallest absolute Gasteiger partial charge is 0.182 e. The molecule has 0 bridgehead atoms. The predicted molar refractivity (Wildman–Crippen MR) is 126 cm³/mol. The summed E-state index contributed by atoms with van der Waals surface area (Å²) in [6.07, 6.45) is 8.89. The Kier molecular flexibility index (Phi) is 5.51. The molecule has 1 aromatic carbocycles. The van der Waals surface area contributed by atoms with Crippen molar-refractivity contribution in [2.24, 2.45) is 0 Å². The minimum Gasteiger partial charge on any atom is -0.373 e. The zero-order valence-corrected chi connectivity index (χ0v) is 19.7. The van der Waals surface area contributed by atoms with Crippen molar-refractivity contribution >= 4 is 11.2 Å². The summed E-state index contributed by atoms with van der Waals surface area (Å²) in [5.41, 5.74) is 3.86. The first kappa shape index (κ1) is 22.2. The van der Waals surface area contributed by atoms with E-state index in [4.69, 9.17) is 14.7 Å². The maximum atomic E-state index is 14.8. The summed E-state index contributed by atoms with van der Waals surface area (Å²) in [5, 5.41) is 4.56. The second-order valence-corrected chi connectivity index (χ2v) is 9.54. The van der Waals surface area contributed by atoms with Crippen LogP contribution in [0.15, 0.2) is 30.6 Å². The van der Waals surface area contributed by atoms with Crippen molar-refractivity contribution in [3.05, 3.63) is 65.0 Å². The highest BCUT2D eigenvalue weighted by Crippen LogP contribution is 2.39. The van der Waals surface area contributed by atoms with Gasteiger partial charge in [-0.2, -0.15) is 5.10 Å². The molecule has 3 aromatic heterocycles. The van der Waals surface area contributed by atoms with E-state index in [1.165, 1.54) is 31.4 Å². The molecule has 4 aromatic rings. The minimum absolute atomic E-state index is 0.00382. The van der Waals surface area contributed by atoms with Crippen molar-refractivity contribution in [2.45, 2.75) is 64.0 Å². The van der Waals surface area contributed by atoms with E-state index in [1.807, 2.05) is 20.0 Å². The van der Waals surface area contributed by atoms with Crippen LogP contribution in [-0.4, -0.2) is 36.3 Å². The molecule has 2 unspecified atom stereocenters. The Morgan fingerprint density at radius 3 is 2.60 bits per heavy atom. The van der Waals surface area contributed by atoms with Gasteiger partial charge in [-0.05, 0) is 58.1 Å². The molecule has 1 aliphatic carbocycles. The molecule has 1 aliphatic heterocycles.